The summed E-state index contributed by atoms with van der Waals surface area (Å²) in [5.74, 6) is -2.79. The lowest BCUT2D eigenvalue weighted by Crippen LogP contribution is -2.29. The van der Waals surface area contributed by atoms with Gasteiger partial charge in [-0.2, -0.15) is 13.2 Å². The summed E-state index contributed by atoms with van der Waals surface area (Å²) >= 11 is 3.26. The maximum atomic E-state index is 13.3. The molecule has 35 heavy (non-hydrogen) atoms. The molecule has 1 aliphatic heterocycles. The van der Waals surface area contributed by atoms with Crippen LogP contribution in [0.2, 0.25) is 0 Å². The third-order valence-electron chi connectivity index (χ3n) is 5.43. The van der Waals surface area contributed by atoms with Crippen LogP contribution in [-0.2, 0) is 15.8 Å². The van der Waals surface area contributed by atoms with E-state index in [-0.39, 0.29) is 28.1 Å². The van der Waals surface area contributed by atoms with Crippen molar-refractivity contribution in [1.29, 1.82) is 0 Å². The first-order valence-corrected chi connectivity index (χ1v) is 10.8. The van der Waals surface area contributed by atoms with Gasteiger partial charge in [-0.1, -0.05) is 34.1 Å². The van der Waals surface area contributed by atoms with Crippen molar-refractivity contribution in [3.63, 3.8) is 0 Å². The second kappa shape index (κ2) is 8.99. The molecule has 0 radical (unpaired) electrons. The largest absolute Gasteiger partial charge is 0.507 e. The number of aliphatic hydroxyl groups is 1. The van der Waals surface area contributed by atoms with E-state index in [1.54, 1.807) is 12.1 Å². The number of halogens is 4. The molecule has 11 heteroatoms. The molecule has 1 heterocycles. The number of carbonyl (C=O) groups excluding carboxylic acids is 2. The third kappa shape index (κ3) is 4.54. The van der Waals surface area contributed by atoms with Crippen LogP contribution in [0.4, 0.5) is 24.5 Å². The molecule has 0 aromatic heterocycles. The lowest BCUT2D eigenvalue weighted by molar-refractivity contribution is -0.384. The van der Waals surface area contributed by atoms with Gasteiger partial charge < -0.3 is 5.11 Å². The van der Waals surface area contributed by atoms with Crippen molar-refractivity contribution >= 4 is 44.8 Å². The van der Waals surface area contributed by atoms with E-state index in [1.165, 1.54) is 30.3 Å². The molecular weight excluding hydrogens is 533 g/mol. The molecule has 178 valence electrons. The van der Waals surface area contributed by atoms with Crippen molar-refractivity contribution in [3.05, 3.63) is 110 Å². The standard InChI is InChI=1S/C24H14BrF3N2O5/c25-16-8-4-14(5-9-16)21(31)19-20(13-6-10-17(11-7-13)30(34)35)29(23(33)22(19)32)18-3-1-2-15(12-18)24(26,27)28/h1-12,20,31H/t20-/m0/s1. The molecule has 1 fully saturated rings. The Morgan fingerprint density at radius 3 is 2.20 bits per heavy atom. The fraction of sp³-hybridized carbons (Fsp3) is 0.0833. The molecule has 0 saturated carbocycles. The van der Waals surface area contributed by atoms with Gasteiger partial charge >= 0.3 is 6.18 Å². The van der Waals surface area contributed by atoms with Crippen molar-refractivity contribution < 1.29 is 32.8 Å². The van der Waals surface area contributed by atoms with Crippen LogP contribution in [0.15, 0.2) is 82.8 Å². The number of non-ortho nitro benzene ring substituents is 1. The molecule has 1 atom stereocenters. The monoisotopic (exact) mass is 546 g/mol. The molecule has 1 amide bonds. The highest BCUT2D eigenvalue weighted by molar-refractivity contribution is 9.10. The summed E-state index contributed by atoms with van der Waals surface area (Å²) in [5.41, 5.74) is -1.50. The number of hydrogen-bond donors (Lipinski definition) is 1. The number of amides is 1. The van der Waals surface area contributed by atoms with Crippen LogP contribution in [0.3, 0.4) is 0 Å². The van der Waals surface area contributed by atoms with E-state index in [0.717, 1.165) is 35.2 Å². The summed E-state index contributed by atoms with van der Waals surface area (Å²) in [6.45, 7) is 0. The maximum absolute atomic E-state index is 13.3. The zero-order valence-corrected chi connectivity index (χ0v) is 19.1. The number of ketones is 1. The highest BCUT2D eigenvalue weighted by atomic mass is 79.9. The maximum Gasteiger partial charge on any atom is 0.416 e. The minimum absolute atomic E-state index is 0.186. The number of nitro groups is 1. The van der Waals surface area contributed by atoms with E-state index >= 15 is 0 Å². The molecule has 0 spiro atoms. The van der Waals surface area contributed by atoms with Crippen molar-refractivity contribution in [2.45, 2.75) is 12.2 Å². The Labute approximate surface area is 204 Å². The predicted octanol–water partition coefficient (Wildman–Crippen LogP) is 6.00. The Morgan fingerprint density at radius 2 is 1.63 bits per heavy atom. The van der Waals surface area contributed by atoms with Gasteiger partial charge in [0.1, 0.15) is 5.76 Å². The van der Waals surface area contributed by atoms with Crippen LogP contribution in [0.1, 0.15) is 22.7 Å². The number of carbonyl (C=O) groups is 2. The van der Waals surface area contributed by atoms with Gasteiger partial charge in [0.15, 0.2) is 0 Å². The van der Waals surface area contributed by atoms with Crippen LogP contribution in [-0.4, -0.2) is 21.7 Å². The molecule has 3 aromatic rings. The first-order valence-electron chi connectivity index (χ1n) is 9.97. The summed E-state index contributed by atoms with van der Waals surface area (Å²) in [6, 6.07) is 13.6. The number of nitrogens with zero attached hydrogens (tertiary/aromatic N) is 2. The van der Waals surface area contributed by atoms with E-state index < -0.39 is 40.2 Å². The average molecular weight is 547 g/mol. The number of aliphatic hydroxyl groups excluding tert-OH is 1. The van der Waals surface area contributed by atoms with Gasteiger partial charge in [0.25, 0.3) is 17.4 Å². The summed E-state index contributed by atoms with van der Waals surface area (Å²) in [7, 11) is 0. The normalized spacial score (nSPS) is 17.6. The smallest absolute Gasteiger partial charge is 0.416 e. The SMILES string of the molecule is O=C1C(=O)N(c2cccc(C(F)(F)F)c2)[C@@H](c2ccc([N+](=O)[O-])cc2)C1=C(O)c1ccc(Br)cc1. The van der Waals surface area contributed by atoms with Gasteiger partial charge in [0, 0.05) is 27.9 Å². The first-order chi connectivity index (χ1) is 16.5. The second-order valence-electron chi connectivity index (χ2n) is 7.57. The second-order valence-corrected chi connectivity index (χ2v) is 8.49. The number of rotatable bonds is 4. The average Bonchev–Trinajstić information content (AvgIpc) is 3.09. The zero-order valence-electron chi connectivity index (χ0n) is 17.5. The Morgan fingerprint density at radius 1 is 1.00 bits per heavy atom. The van der Waals surface area contributed by atoms with Crippen LogP contribution in [0, 0.1) is 10.1 Å². The Hall–Kier alpha value is -3.99. The van der Waals surface area contributed by atoms with Crippen molar-refractivity contribution in [1.82, 2.24) is 0 Å². The van der Waals surface area contributed by atoms with E-state index in [9.17, 15) is 38.0 Å². The minimum Gasteiger partial charge on any atom is -0.507 e. The molecule has 0 bridgehead atoms. The van der Waals surface area contributed by atoms with Crippen LogP contribution in [0.25, 0.3) is 5.76 Å². The molecule has 1 N–H and O–H groups in total. The summed E-state index contributed by atoms with van der Waals surface area (Å²) < 4.78 is 40.7. The van der Waals surface area contributed by atoms with Crippen LogP contribution < -0.4 is 4.90 Å². The molecule has 1 aliphatic rings. The summed E-state index contributed by atoms with van der Waals surface area (Å²) in [4.78, 5) is 37.4. The molecule has 0 aliphatic carbocycles. The fourth-order valence-electron chi connectivity index (χ4n) is 3.79. The van der Waals surface area contributed by atoms with E-state index in [4.69, 9.17) is 0 Å². The van der Waals surface area contributed by atoms with E-state index in [1.807, 2.05) is 0 Å². The van der Waals surface area contributed by atoms with Gasteiger partial charge in [-0.15, -0.1) is 0 Å². The number of benzene rings is 3. The minimum atomic E-state index is -4.70. The number of anilines is 1. The summed E-state index contributed by atoms with van der Waals surface area (Å²) in [5, 5.41) is 22.1. The van der Waals surface area contributed by atoms with Crippen LogP contribution >= 0.6 is 15.9 Å². The predicted molar refractivity (Wildman–Crippen MR) is 123 cm³/mol. The number of Topliss-reactive ketones (excluding diaryl/α,β-unsaturated/α-hetero) is 1. The lowest BCUT2D eigenvalue weighted by Gasteiger charge is -2.26. The first kappa shape index (κ1) is 24.1. The Balaban J connectivity index is 1.94. The Bertz CT molecular complexity index is 1370. The molecule has 7 nitrogen and oxygen atoms in total. The zero-order chi connectivity index (χ0) is 25.5. The molecule has 4 rings (SSSR count). The van der Waals surface area contributed by atoms with Crippen LogP contribution in [0.5, 0.6) is 0 Å². The molecular formula is C24H14BrF3N2O5. The van der Waals surface area contributed by atoms with E-state index in [2.05, 4.69) is 15.9 Å². The molecule has 0 unspecified atom stereocenters. The molecule has 1 saturated heterocycles. The van der Waals surface area contributed by atoms with Gasteiger partial charge in [-0.3, -0.25) is 24.6 Å². The topological polar surface area (TPSA) is 101 Å². The number of nitro benzene ring substituents is 1. The van der Waals surface area contributed by atoms with Crippen molar-refractivity contribution in [2.24, 2.45) is 0 Å². The van der Waals surface area contributed by atoms with Gasteiger partial charge in [-0.25, -0.2) is 0 Å². The van der Waals surface area contributed by atoms with Gasteiger partial charge in [0.2, 0.25) is 0 Å². The molecule has 3 aromatic carbocycles. The van der Waals surface area contributed by atoms with E-state index in [0.29, 0.717) is 4.47 Å². The number of hydrogen-bond acceptors (Lipinski definition) is 5. The summed E-state index contributed by atoms with van der Waals surface area (Å²) in [6.07, 6.45) is -4.70. The lowest BCUT2D eigenvalue weighted by atomic mass is 9.95. The fourth-order valence-corrected chi connectivity index (χ4v) is 4.05. The van der Waals surface area contributed by atoms with Gasteiger partial charge in [0.05, 0.1) is 22.1 Å². The number of alkyl halides is 3. The van der Waals surface area contributed by atoms with Crippen molar-refractivity contribution in [3.8, 4) is 0 Å². The third-order valence-corrected chi connectivity index (χ3v) is 5.96. The Kier molecular flexibility index (Phi) is 6.20. The highest BCUT2D eigenvalue weighted by Gasteiger charge is 2.47. The quantitative estimate of drug-likeness (QED) is 0.142. The van der Waals surface area contributed by atoms with Gasteiger partial charge in [-0.05, 0) is 48.0 Å². The van der Waals surface area contributed by atoms with Crippen molar-refractivity contribution in [2.75, 3.05) is 4.90 Å². The highest BCUT2D eigenvalue weighted by Crippen LogP contribution is 2.43.